The molecule has 1 heterocycles. The number of nitrogens with zero attached hydrogens (tertiary/aromatic N) is 1. The van der Waals surface area contributed by atoms with Crippen molar-refractivity contribution in [3.05, 3.63) is 90.1 Å². The molecule has 0 aliphatic heterocycles. The molecule has 202 valence electrons. The van der Waals surface area contributed by atoms with Crippen molar-refractivity contribution in [1.29, 1.82) is 0 Å². The van der Waals surface area contributed by atoms with E-state index in [0.29, 0.717) is 12.8 Å². The fourth-order valence-electron chi connectivity index (χ4n) is 4.39. The molecule has 0 saturated heterocycles. The zero-order chi connectivity index (χ0) is 27.7. The number of amides is 2. The third-order valence-corrected chi connectivity index (χ3v) is 6.47. The Bertz CT molecular complexity index is 1160. The normalized spacial score (nSPS) is 14.7. The van der Waals surface area contributed by atoms with Crippen LogP contribution in [0.3, 0.4) is 0 Å². The van der Waals surface area contributed by atoms with Crippen LogP contribution in [0.5, 0.6) is 0 Å². The highest BCUT2D eigenvalue weighted by molar-refractivity contribution is 5.86. The Morgan fingerprint density at radius 2 is 1.53 bits per heavy atom. The SMILES string of the molecule is CC(C)(C)[C@H](NC(=O)O)C(=O)N[C@@H](Cc1ccc(-c2ccccn2)cc1)C[C@H](O)[C@@H](N)Cc1ccccc1. The lowest BCUT2D eigenvalue weighted by molar-refractivity contribution is -0.126. The second-order valence-corrected chi connectivity index (χ2v) is 10.7. The number of pyridine rings is 1. The smallest absolute Gasteiger partial charge is 0.405 e. The van der Waals surface area contributed by atoms with Gasteiger partial charge in [0.1, 0.15) is 6.04 Å². The van der Waals surface area contributed by atoms with Crippen LogP contribution in [-0.4, -0.2) is 51.4 Å². The number of carbonyl (C=O) groups excluding carboxylic acids is 1. The van der Waals surface area contributed by atoms with Gasteiger partial charge in [0.05, 0.1) is 11.8 Å². The summed E-state index contributed by atoms with van der Waals surface area (Å²) < 4.78 is 0. The van der Waals surface area contributed by atoms with Gasteiger partial charge in [-0.05, 0) is 47.9 Å². The Balaban J connectivity index is 1.77. The minimum absolute atomic E-state index is 0.214. The zero-order valence-electron chi connectivity index (χ0n) is 22.2. The van der Waals surface area contributed by atoms with Crippen LogP contribution >= 0.6 is 0 Å². The standard InChI is InChI=1S/C30H38N4O4/c1-30(2,3)27(34-29(37)38)28(36)33-23(19-26(35)24(31)18-20-9-5-4-6-10-20)17-21-12-14-22(15-13-21)25-11-7-8-16-32-25/h4-16,23-24,26-27,34-35H,17-19,31H2,1-3H3,(H,33,36)(H,37,38)/t23-,24-,26-,27+/m0/s1. The van der Waals surface area contributed by atoms with E-state index in [1.165, 1.54) is 0 Å². The van der Waals surface area contributed by atoms with Gasteiger partial charge in [-0.15, -0.1) is 0 Å². The van der Waals surface area contributed by atoms with Crippen LogP contribution < -0.4 is 16.4 Å². The maximum Gasteiger partial charge on any atom is 0.405 e. The quantitative estimate of drug-likeness (QED) is 0.262. The molecule has 3 rings (SSSR count). The fourth-order valence-corrected chi connectivity index (χ4v) is 4.39. The molecule has 2 aromatic carbocycles. The molecule has 8 heteroatoms. The topological polar surface area (TPSA) is 138 Å². The van der Waals surface area contributed by atoms with E-state index in [9.17, 15) is 19.8 Å². The molecule has 0 spiro atoms. The van der Waals surface area contributed by atoms with Crippen LogP contribution in [-0.2, 0) is 17.6 Å². The molecule has 6 N–H and O–H groups in total. The second-order valence-electron chi connectivity index (χ2n) is 10.7. The third kappa shape index (κ3) is 8.68. The maximum absolute atomic E-state index is 13.2. The highest BCUT2D eigenvalue weighted by atomic mass is 16.4. The number of rotatable bonds is 11. The predicted molar refractivity (Wildman–Crippen MR) is 148 cm³/mol. The largest absolute Gasteiger partial charge is 0.465 e. The fraction of sp³-hybridized carbons (Fsp3) is 0.367. The number of carboxylic acid groups (broad SMARTS) is 1. The molecule has 8 nitrogen and oxygen atoms in total. The van der Waals surface area contributed by atoms with Gasteiger partial charge in [-0.3, -0.25) is 9.78 Å². The van der Waals surface area contributed by atoms with Gasteiger partial charge in [-0.2, -0.15) is 0 Å². The van der Waals surface area contributed by atoms with E-state index in [0.717, 1.165) is 22.4 Å². The van der Waals surface area contributed by atoms with Crippen molar-refractivity contribution in [3.63, 3.8) is 0 Å². The van der Waals surface area contributed by atoms with E-state index in [2.05, 4.69) is 15.6 Å². The number of hydrogen-bond donors (Lipinski definition) is 5. The van der Waals surface area contributed by atoms with Crippen molar-refractivity contribution in [3.8, 4) is 11.3 Å². The predicted octanol–water partition coefficient (Wildman–Crippen LogP) is 3.78. The number of aliphatic hydroxyl groups excluding tert-OH is 1. The summed E-state index contributed by atoms with van der Waals surface area (Å²) >= 11 is 0. The molecule has 4 atom stereocenters. The number of nitrogens with two attached hydrogens (primary N) is 1. The molecule has 0 fully saturated rings. The molecule has 2 amide bonds. The van der Waals surface area contributed by atoms with Crippen molar-refractivity contribution < 1.29 is 19.8 Å². The number of carbonyl (C=O) groups is 2. The molecule has 1 aromatic heterocycles. The van der Waals surface area contributed by atoms with Gasteiger partial charge in [-0.25, -0.2) is 4.79 Å². The molecular formula is C30H38N4O4. The maximum atomic E-state index is 13.2. The highest BCUT2D eigenvalue weighted by Crippen LogP contribution is 2.22. The van der Waals surface area contributed by atoms with Crippen LogP contribution in [0.4, 0.5) is 4.79 Å². The van der Waals surface area contributed by atoms with Crippen molar-refractivity contribution in [1.82, 2.24) is 15.6 Å². The summed E-state index contributed by atoms with van der Waals surface area (Å²) in [7, 11) is 0. The molecular weight excluding hydrogens is 480 g/mol. The van der Waals surface area contributed by atoms with Crippen LogP contribution in [0.25, 0.3) is 11.3 Å². The van der Waals surface area contributed by atoms with Gasteiger partial charge < -0.3 is 26.6 Å². The Kier molecular flexibility index (Phi) is 9.98. The van der Waals surface area contributed by atoms with Crippen LogP contribution in [0.2, 0.25) is 0 Å². The molecule has 0 bridgehead atoms. The van der Waals surface area contributed by atoms with Gasteiger partial charge in [0, 0.05) is 23.8 Å². The number of aliphatic hydroxyl groups is 1. The van der Waals surface area contributed by atoms with Gasteiger partial charge in [0.15, 0.2) is 0 Å². The van der Waals surface area contributed by atoms with E-state index in [-0.39, 0.29) is 6.42 Å². The summed E-state index contributed by atoms with van der Waals surface area (Å²) in [5, 5.41) is 25.6. The lowest BCUT2D eigenvalue weighted by atomic mass is 9.85. The van der Waals surface area contributed by atoms with Crippen molar-refractivity contribution >= 4 is 12.0 Å². The number of aromatic nitrogens is 1. The van der Waals surface area contributed by atoms with Gasteiger partial charge in [-0.1, -0.05) is 81.4 Å². The molecule has 3 aromatic rings. The Morgan fingerprint density at radius 3 is 2.11 bits per heavy atom. The Morgan fingerprint density at radius 1 is 0.895 bits per heavy atom. The van der Waals surface area contributed by atoms with E-state index in [4.69, 9.17) is 5.73 Å². The molecule has 0 radical (unpaired) electrons. The zero-order valence-corrected chi connectivity index (χ0v) is 22.2. The lowest BCUT2D eigenvalue weighted by Gasteiger charge is -2.32. The Hall–Kier alpha value is -3.75. The number of hydrogen-bond acceptors (Lipinski definition) is 5. The van der Waals surface area contributed by atoms with Gasteiger partial charge in [0.2, 0.25) is 5.91 Å². The first-order valence-corrected chi connectivity index (χ1v) is 12.8. The highest BCUT2D eigenvalue weighted by Gasteiger charge is 2.34. The van der Waals surface area contributed by atoms with Crippen molar-refractivity contribution in [2.45, 2.75) is 64.3 Å². The molecule has 0 aliphatic rings. The second kappa shape index (κ2) is 13.2. The molecule has 0 unspecified atom stereocenters. The first-order chi connectivity index (χ1) is 18.0. The van der Waals surface area contributed by atoms with Crippen molar-refractivity contribution in [2.24, 2.45) is 11.1 Å². The summed E-state index contributed by atoms with van der Waals surface area (Å²) in [6.45, 7) is 5.38. The average Bonchev–Trinajstić information content (AvgIpc) is 2.88. The van der Waals surface area contributed by atoms with Crippen LogP contribution in [0.1, 0.15) is 38.3 Å². The summed E-state index contributed by atoms with van der Waals surface area (Å²) in [6, 6.07) is 21.3. The molecule has 0 aliphatic carbocycles. The van der Waals surface area contributed by atoms with E-state index < -0.39 is 41.6 Å². The summed E-state index contributed by atoms with van der Waals surface area (Å²) in [5.41, 5.74) is 9.49. The van der Waals surface area contributed by atoms with E-state index in [1.54, 1.807) is 27.0 Å². The minimum atomic E-state index is -1.27. The number of nitrogens with one attached hydrogen (secondary N) is 2. The minimum Gasteiger partial charge on any atom is -0.465 e. The van der Waals surface area contributed by atoms with Gasteiger partial charge in [0.25, 0.3) is 0 Å². The molecule has 0 saturated carbocycles. The first kappa shape index (κ1) is 28.8. The van der Waals surface area contributed by atoms with Crippen LogP contribution in [0.15, 0.2) is 79.0 Å². The van der Waals surface area contributed by atoms with E-state index in [1.807, 2.05) is 72.8 Å². The van der Waals surface area contributed by atoms with Crippen molar-refractivity contribution in [2.75, 3.05) is 0 Å². The third-order valence-electron chi connectivity index (χ3n) is 6.47. The molecule has 38 heavy (non-hydrogen) atoms. The summed E-state index contributed by atoms with van der Waals surface area (Å²) in [4.78, 5) is 29.0. The van der Waals surface area contributed by atoms with Gasteiger partial charge >= 0.3 is 6.09 Å². The Labute approximate surface area is 224 Å². The lowest BCUT2D eigenvalue weighted by Crippen LogP contribution is -2.56. The van der Waals surface area contributed by atoms with Crippen LogP contribution in [0, 0.1) is 5.41 Å². The summed E-state index contributed by atoms with van der Waals surface area (Å²) in [6.07, 6.45) is 0.734. The van der Waals surface area contributed by atoms with E-state index >= 15 is 0 Å². The summed E-state index contributed by atoms with van der Waals surface area (Å²) in [5.74, 6) is -0.446. The average molecular weight is 519 g/mol. The monoisotopic (exact) mass is 518 g/mol. The first-order valence-electron chi connectivity index (χ1n) is 12.8. The number of benzene rings is 2.